The monoisotopic (exact) mass is 429 g/mol. The number of anilines is 2. The third-order valence-corrected chi connectivity index (χ3v) is 5.91. The van der Waals surface area contributed by atoms with Crippen LogP contribution in [0.5, 0.6) is 0 Å². The second-order valence-electron chi connectivity index (χ2n) is 4.94. The standard InChI is InChI=1S/C16H13F2N3O3S3/c1-23-13(22)11-6-7-24-12(11)8-25-16-21-20-15(27-16)19-9-2-4-10(5-3-9)26-14(17)18/h2-7,14H,8H2,1H3,(H,19,20). The van der Waals surface area contributed by atoms with E-state index < -0.39 is 11.7 Å². The summed E-state index contributed by atoms with van der Waals surface area (Å²) in [6, 6.07) is 8.18. The maximum atomic E-state index is 12.3. The molecule has 6 nitrogen and oxygen atoms in total. The molecular formula is C16H13F2N3O3S3. The van der Waals surface area contributed by atoms with Gasteiger partial charge in [-0.1, -0.05) is 34.9 Å². The fourth-order valence-electron chi connectivity index (χ4n) is 2.03. The molecule has 3 aromatic rings. The molecule has 0 saturated carbocycles. The highest BCUT2D eigenvalue weighted by Gasteiger charge is 2.16. The topological polar surface area (TPSA) is 77.2 Å². The second kappa shape index (κ2) is 9.20. The van der Waals surface area contributed by atoms with Gasteiger partial charge in [0.1, 0.15) is 11.3 Å². The average Bonchev–Trinajstić information content (AvgIpc) is 3.29. The summed E-state index contributed by atoms with van der Waals surface area (Å²) >= 11 is 3.20. The maximum Gasteiger partial charge on any atom is 0.341 e. The number of benzene rings is 1. The van der Waals surface area contributed by atoms with E-state index in [9.17, 15) is 13.6 Å². The zero-order valence-electron chi connectivity index (χ0n) is 13.8. The fourth-order valence-corrected chi connectivity index (χ4v) is 4.26. The van der Waals surface area contributed by atoms with Gasteiger partial charge >= 0.3 is 5.97 Å². The SMILES string of the molecule is COC(=O)c1ccoc1CSc1nnc(Nc2ccc(SC(F)F)cc2)s1. The van der Waals surface area contributed by atoms with Gasteiger partial charge in [-0.3, -0.25) is 0 Å². The smallest absolute Gasteiger partial charge is 0.341 e. The van der Waals surface area contributed by atoms with Crippen molar-refractivity contribution >= 4 is 51.6 Å². The van der Waals surface area contributed by atoms with E-state index in [-0.39, 0.29) is 0 Å². The zero-order chi connectivity index (χ0) is 19.2. The molecule has 0 amide bonds. The number of rotatable bonds is 8. The van der Waals surface area contributed by atoms with E-state index in [0.29, 0.717) is 43.2 Å². The van der Waals surface area contributed by atoms with Crippen molar-refractivity contribution in [3.05, 3.63) is 47.9 Å². The molecule has 0 saturated heterocycles. The van der Waals surface area contributed by atoms with Crippen LogP contribution in [-0.2, 0) is 10.5 Å². The Morgan fingerprint density at radius 3 is 2.78 bits per heavy atom. The third kappa shape index (κ3) is 5.44. The van der Waals surface area contributed by atoms with Gasteiger partial charge in [-0.05, 0) is 30.3 Å². The minimum absolute atomic E-state index is 0.384. The first-order valence-electron chi connectivity index (χ1n) is 7.48. The summed E-state index contributed by atoms with van der Waals surface area (Å²) in [4.78, 5) is 12.1. The largest absolute Gasteiger partial charge is 0.468 e. The first kappa shape index (κ1) is 19.6. The number of hydrogen-bond donors (Lipinski definition) is 1. The lowest BCUT2D eigenvalue weighted by Crippen LogP contribution is -2.02. The summed E-state index contributed by atoms with van der Waals surface area (Å²) in [6.45, 7) is 0. The van der Waals surface area contributed by atoms with Crippen LogP contribution < -0.4 is 5.32 Å². The van der Waals surface area contributed by atoms with E-state index >= 15 is 0 Å². The van der Waals surface area contributed by atoms with Gasteiger partial charge < -0.3 is 14.5 Å². The molecule has 0 aliphatic rings. The molecule has 3 rings (SSSR count). The lowest BCUT2D eigenvalue weighted by Gasteiger charge is -2.03. The van der Waals surface area contributed by atoms with Gasteiger partial charge in [0, 0.05) is 10.6 Å². The van der Waals surface area contributed by atoms with Crippen LogP contribution in [0.1, 0.15) is 16.1 Å². The van der Waals surface area contributed by atoms with Crippen molar-refractivity contribution in [1.82, 2.24) is 10.2 Å². The summed E-state index contributed by atoms with van der Waals surface area (Å²) in [5, 5.41) is 11.8. The molecule has 142 valence electrons. The highest BCUT2D eigenvalue weighted by molar-refractivity contribution is 8.00. The number of aromatic nitrogens is 2. The van der Waals surface area contributed by atoms with Crippen molar-refractivity contribution in [3.8, 4) is 0 Å². The Bertz CT molecular complexity index is 900. The van der Waals surface area contributed by atoms with Crippen molar-refractivity contribution in [2.75, 3.05) is 12.4 Å². The summed E-state index contributed by atoms with van der Waals surface area (Å²) < 4.78 is 35.4. The number of carbonyl (C=O) groups excluding carboxylic acids is 1. The molecule has 0 aliphatic heterocycles. The summed E-state index contributed by atoms with van der Waals surface area (Å²) in [6.07, 6.45) is 1.44. The average molecular weight is 429 g/mol. The molecule has 11 heteroatoms. The highest BCUT2D eigenvalue weighted by atomic mass is 32.2. The van der Waals surface area contributed by atoms with Gasteiger partial charge in [0.15, 0.2) is 4.34 Å². The molecule has 0 bridgehead atoms. The highest BCUT2D eigenvalue weighted by Crippen LogP contribution is 2.32. The van der Waals surface area contributed by atoms with Crippen LogP contribution in [-0.4, -0.2) is 29.0 Å². The molecule has 2 aromatic heterocycles. The predicted molar refractivity (Wildman–Crippen MR) is 101 cm³/mol. The number of furan rings is 1. The van der Waals surface area contributed by atoms with Gasteiger partial charge in [-0.25, -0.2) is 4.79 Å². The van der Waals surface area contributed by atoms with Crippen LogP contribution >= 0.6 is 34.9 Å². The van der Waals surface area contributed by atoms with Crippen molar-refractivity contribution in [2.45, 2.75) is 20.7 Å². The molecule has 27 heavy (non-hydrogen) atoms. The van der Waals surface area contributed by atoms with E-state index in [2.05, 4.69) is 15.5 Å². The fraction of sp³-hybridized carbons (Fsp3) is 0.188. The van der Waals surface area contributed by atoms with Gasteiger partial charge in [0.25, 0.3) is 5.76 Å². The number of thioether (sulfide) groups is 2. The molecule has 1 N–H and O–H groups in total. The Labute approximate surface area is 165 Å². The predicted octanol–water partition coefficient (Wildman–Crippen LogP) is 5.27. The van der Waals surface area contributed by atoms with E-state index in [1.54, 1.807) is 30.3 Å². The van der Waals surface area contributed by atoms with Crippen LogP contribution in [0.15, 0.2) is 50.2 Å². The number of ether oxygens (including phenoxy) is 1. The van der Waals surface area contributed by atoms with E-state index in [1.165, 1.54) is 36.5 Å². The van der Waals surface area contributed by atoms with Crippen molar-refractivity contribution in [3.63, 3.8) is 0 Å². The van der Waals surface area contributed by atoms with Gasteiger partial charge in [-0.15, -0.1) is 10.2 Å². The second-order valence-corrected chi connectivity index (χ2v) is 8.20. The first-order valence-corrected chi connectivity index (χ1v) is 10.2. The minimum Gasteiger partial charge on any atom is -0.468 e. The normalized spacial score (nSPS) is 11.0. The lowest BCUT2D eigenvalue weighted by molar-refractivity contribution is 0.0598. The number of methoxy groups -OCH3 is 1. The van der Waals surface area contributed by atoms with Crippen LogP contribution in [0.2, 0.25) is 0 Å². The quantitative estimate of drug-likeness (QED) is 0.383. The third-order valence-electron chi connectivity index (χ3n) is 3.21. The summed E-state index contributed by atoms with van der Waals surface area (Å²) in [7, 11) is 1.31. The van der Waals surface area contributed by atoms with Crippen molar-refractivity contribution in [1.29, 1.82) is 0 Å². The number of alkyl halides is 2. The Kier molecular flexibility index (Phi) is 6.69. The molecule has 2 heterocycles. The molecule has 0 atom stereocenters. The number of esters is 1. The summed E-state index contributed by atoms with van der Waals surface area (Å²) in [5.41, 5.74) is 1.11. The molecule has 0 aliphatic carbocycles. The molecule has 0 spiro atoms. The molecule has 1 aromatic carbocycles. The van der Waals surface area contributed by atoms with Crippen molar-refractivity contribution in [2.24, 2.45) is 0 Å². The molecule has 0 fully saturated rings. The Morgan fingerprint density at radius 1 is 1.30 bits per heavy atom. The number of carbonyl (C=O) groups is 1. The Hall–Kier alpha value is -2.11. The number of nitrogens with zero attached hydrogens (tertiary/aromatic N) is 2. The maximum absolute atomic E-state index is 12.3. The Balaban J connectivity index is 1.57. The Morgan fingerprint density at radius 2 is 2.07 bits per heavy atom. The molecule has 0 unspecified atom stereocenters. The summed E-state index contributed by atoms with van der Waals surface area (Å²) in [5.74, 6) is -1.98. The van der Waals surface area contributed by atoms with Crippen LogP contribution in [0.4, 0.5) is 19.6 Å². The number of halogens is 2. The lowest BCUT2D eigenvalue weighted by atomic mass is 10.3. The molecular weight excluding hydrogens is 416 g/mol. The zero-order valence-corrected chi connectivity index (χ0v) is 16.3. The molecule has 0 radical (unpaired) electrons. The van der Waals surface area contributed by atoms with Gasteiger partial charge in [0.2, 0.25) is 5.13 Å². The van der Waals surface area contributed by atoms with E-state index in [0.717, 1.165) is 5.69 Å². The number of hydrogen-bond acceptors (Lipinski definition) is 9. The number of nitrogens with one attached hydrogen (secondary N) is 1. The minimum atomic E-state index is -2.44. The van der Waals surface area contributed by atoms with Gasteiger partial charge in [0.05, 0.1) is 19.1 Å². The first-order chi connectivity index (χ1) is 13.0. The van der Waals surface area contributed by atoms with E-state index in [1.807, 2.05) is 0 Å². The van der Waals surface area contributed by atoms with Crippen LogP contribution in [0, 0.1) is 0 Å². The van der Waals surface area contributed by atoms with Crippen LogP contribution in [0.3, 0.4) is 0 Å². The van der Waals surface area contributed by atoms with E-state index in [4.69, 9.17) is 9.15 Å². The van der Waals surface area contributed by atoms with Crippen molar-refractivity contribution < 1.29 is 22.7 Å². The van der Waals surface area contributed by atoms with Crippen LogP contribution in [0.25, 0.3) is 0 Å². The van der Waals surface area contributed by atoms with Gasteiger partial charge in [-0.2, -0.15) is 8.78 Å².